The van der Waals surface area contributed by atoms with Crippen molar-refractivity contribution in [1.82, 2.24) is 4.90 Å². The topological polar surface area (TPSA) is 12.5 Å². The molecule has 0 atom stereocenters. The molecular formula is C17H30FNO. The predicted molar refractivity (Wildman–Crippen MR) is 85.1 cm³/mol. The van der Waals surface area contributed by atoms with E-state index < -0.39 is 0 Å². The lowest BCUT2D eigenvalue weighted by atomic mass is 10.0. The second kappa shape index (κ2) is 10.7. The van der Waals surface area contributed by atoms with Crippen molar-refractivity contribution in [3.63, 3.8) is 0 Å². The Morgan fingerprint density at radius 2 is 1.70 bits per heavy atom. The first-order chi connectivity index (χ1) is 9.54. The van der Waals surface area contributed by atoms with E-state index in [0.29, 0.717) is 11.7 Å². The molecule has 0 aromatic heterocycles. The maximum absolute atomic E-state index is 12.9. The van der Waals surface area contributed by atoms with Crippen LogP contribution in [0.5, 0.6) is 5.75 Å². The number of hydrogen-bond acceptors (Lipinski definition) is 2. The van der Waals surface area contributed by atoms with E-state index in [0.717, 1.165) is 5.56 Å². The lowest BCUT2D eigenvalue weighted by molar-refractivity contribution is 0.385. The Labute approximate surface area is 123 Å². The van der Waals surface area contributed by atoms with Crippen LogP contribution in [0.1, 0.15) is 52.0 Å². The number of likely N-dealkylation sites (tertiary alicyclic amines) is 1. The number of ether oxygens (including phenoxy) is 1. The van der Waals surface area contributed by atoms with Crippen molar-refractivity contribution >= 4 is 0 Å². The van der Waals surface area contributed by atoms with Gasteiger partial charge in [0.2, 0.25) is 0 Å². The number of nitrogens with zero attached hydrogens (tertiary/aromatic N) is 1. The third-order valence-electron chi connectivity index (χ3n) is 3.17. The van der Waals surface area contributed by atoms with Gasteiger partial charge in [0.25, 0.3) is 0 Å². The molecule has 0 amide bonds. The van der Waals surface area contributed by atoms with Crippen LogP contribution in [0.4, 0.5) is 4.39 Å². The minimum atomic E-state index is -0.304. The molecule has 1 aromatic carbocycles. The first-order valence-corrected chi connectivity index (χ1v) is 7.56. The summed E-state index contributed by atoms with van der Waals surface area (Å²) in [5.41, 5.74) is 1.09. The molecule has 0 bridgehead atoms. The van der Waals surface area contributed by atoms with Gasteiger partial charge in [-0.25, -0.2) is 4.39 Å². The fourth-order valence-corrected chi connectivity index (χ4v) is 1.91. The Morgan fingerprint density at radius 3 is 2.05 bits per heavy atom. The zero-order chi connectivity index (χ0) is 15.5. The van der Waals surface area contributed by atoms with Crippen LogP contribution < -0.4 is 4.74 Å². The fraction of sp³-hybridized carbons (Fsp3) is 0.647. The summed E-state index contributed by atoms with van der Waals surface area (Å²) in [5.74, 6) is 0.419. The highest BCUT2D eigenvalue weighted by Gasteiger charge is 2.05. The van der Waals surface area contributed by atoms with E-state index in [2.05, 4.69) is 25.8 Å². The SMILES string of the molecule is CC.CN1CCCC1.COc1cc(C(C)C)ccc1F. The van der Waals surface area contributed by atoms with Crippen molar-refractivity contribution in [2.45, 2.75) is 46.5 Å². The van der Waals surface area contributed by atoms with Crippen LogP contribution in [0.2, 0.25) is 0 Å². The van der Waals surface area contributed by atoms with Gasteiger partial charge in [-0.15, -0.1) is 0 Å². The van der Waals surface area contributed by atoms with Gasteiger partial charge in [0, 0.05) is 0 Å². The molecule has 116 valence electrons. The molecule has 0 radical (unpaired) electrons. The predicted octanol–water partition coefficient (Wildman–Crippen LogP) is 4.70. The molecule has 2 rings (SSSR count). The molecule has 1 aromatic rings. The fourth-order valence-electron chi connectivity index (χ4n) is 1.91. The van der Waals surface area contributed by atoms with Gasteiger partial charge in [-0.05, 0) is 56.6 Å². The lowest BCUT2D eigenvalue weighted by Crippen LogP contribution is -2.10. The monoisotopic (exact) mass is 283 g/mol. The van der Waals surface area contributed by atoms with Crippen molar-refractivity contribution < 1.29 is 9.13 Å². The molecule has 1 aliphatic heterocycles. The third-order valence-corrected chi connectivity index (χ3v) is 3.17. The molecule has 0 N–H and O–H groups in total. The Bertz CT molecular complexity index is 360. The number of halogens is 1. The van der Waals surface area contributed by atoms with Crippen LogP contribution >= 0.6 is 0 Å². The summed E-state index contributed by atoms with van der Waals surface area (Å²) < 4.78 is 17.8. The number of hydrogen-bond donors (Lipinski definition) is 0. The van der Waals surface area contributed by atoms with E-state index in [4.69, 9.17) is 4.74 Å². The summed E-state index contributed by atoms with van der Waals surface area (Å²) in [5, 5.41) is 0. The second-order valence-corrected chi connectivity index (χ2v) is 5.06. The highest BCUT2D eigenvalue weighted by Crippen LogP contribution is 2.22. The maximum Gasteiger partial charge on any atom is 0.165 e. The van der Waals surface area contributed by atoms with Gasteiger partial charge >= 0.3 is 0 Å². The van der Waals surface area contributed by atoms with Crippen molar-refractivity contribution in [2.75, 3.05) is 27.2 Å². The van der Waals surface area contributed by atoms with Gasteiger partial charge in [0.05, 0.1) is 7.11 Å². The van der Waals surface area contributed by atoms with Gasteiger partial charge in [-0.1, -0.05) is 33.8 Å². The van der Waals surface area contributed by atoms with Crippen LogP contribution in [0, 0.1) is 5.82 Å². The van der Waals surface area contributed by atoms with Gasteiger partial charge in [0.15, 0.2) is 11.6 Å². The van der Waals surface area contributed by atoms with Gasteiger partial charge < -0.3 is 9.64 Å². The minimum Gasteiger partial charge on any atom is -0.494 e. The summed E-state index contributed by atoms with van der Waals surface area (Å²) >= 11 is 0. The molecule has 1 saturated heterocycles. The van der Waals surface area contributed by atoms with Crippen LogP contribution in [0.3, 0.4) is 0 Å². The smallest absolute Gasteiger partial charge is 0.165 e. The molecule has 2 nitrogen and oxygen atoms in total. The normalized spacial score (nSPS) is 14.2. The molecule has 1 aliphatic rings. The lowest BCUT2D eigenvalue weighted by Gasteiger charge is -2.07. The maximum atomic E-state index is 12.9. The molecule has 1 heterocycles. The molecule has 1 fully saturated rings. The molecule has 20 heavy (non-hydrogen) atoms. The molecule has 0 saturated carbocycles. The molecular weight excluding hydrogens is 253 g/mol. The van der Waals surface area contributed by atoms with Crippen LogP contribution in [0.15, 0.2) is 18.2 Å². The number of methoxy groups -OCH3 is 1. The highest BCUT2D eigenvalue weighted by atomic mass is 19.1. The Morgan fingerprint density at radius 1 is 1.15 bits per heavy atom. The van der Waals surface area contributed by atoms with Crippen LogP contribution in [-0.4, -0.2) is 32.1 Å². The van der Waals surface area contributed by atoms with Gasteiger partial charge in [-0.3, -0.25) is 0 Å². The minimum absolute atomic E-state index is 0.304. The van der Waals surface area contributed by atoms with Crippen molar-refractivity contribution in [3.8, 4) is 5.75 Å². The van der Waals surface area contributed by atoms with Crippen molar-refractivity contribution in [2.24, 2.45) is 0 Å². The Balaban J connectivity index is 0.000000377. The summed E-state index contributed by atoms with van der Waals surface area (Å²) in [6, 6.07) is 4.96. The summed E-state index contributed by atoms with van der Waals surface area (Å²) in [6.07, 6.45) is 2.83. The largest absolute Gasteiger partial charge is 0.494 e. The first kappa shape index (κ1) is 18.9. The van der Waals surface area contributed by atoms with E-state index in [1.807, 2.05) is 13.8 Å². The average Bonchev–Trinajstić information content (AvgIpc) is 2.93. The van der Waals surface area contributed by atoms with E-state index in [9.17, 15) is 4.39 Å². The van der Waals surface area contributed by atoms with E-state index >= 15 is 0 Å². The third kappa shape index (κ3) is 6.90. The molecule has 0 unspecified atom stereocenters. The highest BCUT2D eigenvalue weighted by molar-refractivity contribution is 5.31. The Hall–Kier alpha value is -1.09. The van der Waals surface area contributed by atoms with Gasteiger partial charge in [0.1, 0.15) is 0 Å². The number of rotatable bonds is 2. The molecule has 0 spiro atoms. The van der Waals surface area contributed by atoms with Crippen molar-refractivity contribution in [1.29, 1.82) is 0 Å². The second-order valence-electron chi connectivity index (χ2n) is 5.06. The zero-order valence-corrected chi connectivity index (χ0v) is 13.9. The van der Waals surface area contributed by atoms with Crippen LogP contribution in [-0.2, 0) is 0 Å². The quantitative estimate of drug-likeness (QED) is 0.780. The van der Waals surface area contributed by atoms with E-state index in [1.54, 1.807) is 12.1 Å². The number of benzene rings is 1. The molecule has 0 aliphatic carbocycles. The summed E-state index contributed by atoms with van der Waals surface area (Å²) in [4.78, 5) is 2.36. The van der Waals surface area contributed by atoms with Crippen molar-refractivity contribution in [3.05, 3.63) is 29.6 Å². The Kier molecular flexibility index (Phi) is 10.1. The average molecular weight is 283 g/mol. The summed E-state index contributed by atoms with van der Waals surface area (Å²) in [7, 11) is 3.65. The summed E-state index contributed by atoms with van der Waals surface area (Å²) in [6.45, 7) is 10.8. The van der Waals surface area contributed by atoms with Crippen LogP contribution in [0.25, 0.3) is 0 Å². The zero-order valence-electron chi connectivity index (χ0n) is 13.9. The van der Waals surface area contributed by atoms with E-state index in [-0.39, 0.29) is 5.82 Å². The van der Waals surface area contributed by atoms with E-state index in [1.165, 1.54) is 39.1 Å². The first-order valence-electron chi connectivity index (χ1n) is 7.56. The van der Waals surface area contributed by atoms with Gasteiger partial charge in [-0.2, -0.15) is 0 Å². The molecule has 3 heteroatoms. The standard InChI is InChI=1S/C10H13FO.C5H11N.C2H6/c1-7(2)8-4-5-9(11)10(6-8)12-3;1-6-4-2-3-5-6;1-2/h4-7H,1-3H3;2-5H2,1H3;1-2H3.